The van der Waals surface area contributed by atoms with Gasteiger partial charge in [-0.25, -0.2) is 4.79 Å². The second kappa shape index (κ2) is 4.96. The van der Waals surface area contributed by atoms with Crippen molar-refractivity contribution in [3.05, 3.63) is 22.6 Å². The average Bonchev–Trinajstić information content (AvgIpc) is 2.94. The summed E-state index contributed by atoms with van der Waals surface area (Å²) in [7, 11) is 0. The van der Waals surface area contributed by atoms with Gasteiger partial charge in [0, 0.05) is 11.8 Å². The van der Waals surface area contributed by atoms with Crippen LogP contribution in [0.2, 0.25) is 0 Å². The molecular formula is C14H18O4. The van der Waals surface area contributed by atoms with Crippen LogP contribution in [0.4, 0.5) is 0 Å². The second-order valence-electron chi connectivity index (χ2n) is 5.18. The molecule has 1 aromatic rings. The molecule has 0 saturated heterocycles. The molecule has 4 heteroatoms. The summed E-state index contributed by atoms with van der Waals surface area (Å²) in [4.78, 5) is 22.5. The van der Waals surface area contributed by atoms with E-state index in [9.17, 15) is 14.7 Å². The van der Waals surface area contributed by atoms with Gasteiger partial charge in [-0.1, -0.05) is 26.7 Å². The van der Waals surface area contributed by atoms with Crippen LogP contribution in [-0.4, -0.2) is 17.4 Å². The van der Waals surface area contributed by atoms with Crippen molar-refractivity contribution in [3.8, 4) is 0 Å². The van der Waals surface area contributed by atoms with Gasteiger partial charge in [-0.15, -0.1) is 0 Å². The first-order valence-corrected chi connectivity index (χ1v) is 6.41. The van der Waals surface area contributed by atoms with Crippen molar-refractivity contribution in [1.82, 2.24) is 0 Å². The van der Waals surface area contributed by atoms with Gasteiger partial charge >= 0.3 is 5.97 Å². The van der Waals surface area contributed by atoms with Gasteiger partial charge in [0.15, 0.2) is 6.29 Å². The maximum atomic E-state index is 11.4. The van der Waals surface area contributed by atoms with E-state index >= 15 is 0 Å². The highest BCUT2D eigenvalue weighted by Crippen LogP contribution is 2.40. The van der Waals surface area contributed by atoms with E-state index in [1.165, 1.54) is 0 Å². The summed E-state index contributed by atoms with van der Waals surface area (Å²) in [5.74, 6) is 0.116. The highest BCUT2D eigenvalue weighted by Gasteiger charge is 2.32. The normalized spacial score (nSPS) is 16.4. The maximum Gasteiger partial charge on any atom is 0.340 e. The summed E-state index contributed by atoms with van der Waals surface area (Å²) in [6, 6.07) is 0. The Morgan fingerprint density at radius 3 is 2.44 bits per heavy atom. The molecule has 1 aliphatic carbocycles. The molecule has 1 heterocycles. The Kier molecular flexibility index (Phi) is 3.55. The number of carbonyl (C=O) groups is 2. The fourth-order valence-corrected chi connectivity index (χ4v) is 2.72. The minimum absolute atomic E-state index is 0.0125. The third-order valence-electron chi connectivity index (χ3n) is 3.58. The van der Waals surface area contributed by atoms with Crippen molar-refractivity contribution in [3.63, 3.8) is 0 Å². The number of furan rings is 1. The van der Waals surface area contributed by atoms with Gasteiger partial charge in [-0.3, -0.25) is 4.79 Å². The molecule has 18 heavy (non-hydrogen) atoms. The van der Waals surface area contributed by atoms with Crippen LogP contribution in [0.1, 0.15) is 83.6 Å². The zero-order valence-corrected chi connectivity index (χ0v) is 10.7. The Morgan fingerprint density at radius 1 is 1.39 bits per heavy atom. The number of aromatic carboxylic acids is 1. The summed E-state index contributed by atoms with van der Waals surface area (Å²) >= 11 is 0. The van der Waals surface area contributed by atoms with Crippen LogP contribution < -0.4 is 0 Å². The van der Waals surface area contributed by atoms with Gasteiger partial charge in [-0.05, 0) is 12.8 Å². The number of hydrogen-bond acceptors (Lipinski definition) is 3. The fourth-order valence-electron chi connectivity index (χ4n) is 2.72. The second-order valence-corrected chi connectivity index (χ2v) is 5.18. The van der Waals surface area contributed by atoms with E-state index in [-0.39, 0.29) is 23.0 Å². The zero-order chi connectivity index (χ0) is 13.3. The van der Waals surface area contributed by atoms with E-state index in [0.717, 1.165) is 25.7 Å². The number of carbonyl (C=O) groups excluding carboxylic acids is 1. The number of hydrogen-bond donors (Lipinski definition) is 1. The van der Waals surface area contributed by atoms with E-state index in [0.29, 0.717) is 17.8 Å². The third-order valence-corrected chi connectivity index (χ3v) is 3.58. The Hall–Kier alpha value is -1.58. The van der Waals surface area contributed by atoms with Crippen LogP contribution in [0.15, 0.2) is 4.42 Å². The van der Waals surface area contributed by atoms with Gasteiger partial charge in [0.05, 0.1) is 5.56 Å². The van der Waals surface area contributed by atoms with Gasteiger partial charge < -0.3 is 9.52 Å². The van der Waals surface area contributed by atoms with Crippen molar-refractivity contribution in [2.45, 2.75) is 51.4 Å². The topological polar surface area (TPSA) is 67.5 Å². The zero-order valence-electron chi connectivity index (χ0n) is 10.7. The average molecular weight is 250 g/mol. The van der Waals surface area contributed by atoms with Gasteiger partial charge in [0.1, 0.15) is 17.1 Å². The Labute approximate surface area is 106 Å². The molecule has 0 aliphatic heterocycles. The van der Waals surface area contributed by atoms with E-state index in [1.54, 1.807) is 0 Å². The molecule has 1 fully saturated rings. The largest absolute Gasteiger partial charge is 0.478 e. The number of carboxylic acid groups (broad SMARTS) is 1. The van der Waals surface area contributed by atoms with E-state index in [2.05, 4.69) is 0 Å². The van der Waals surface area contributed by atoms with Crippen LogP contribution in [0, 0.1) is 0 Å². The lowest BCUT2D eigenvalue weighted by Gasteiger charge is -2.06. The molecule has 0 atom stereocenters. The SMILES string of the molecule is CC(C)c1oc(C2CCCC2)c(C(=O)O)c1C=O. The standard InChI is InChI=1S/C14H18O4/c1-8(2)12-10(7-15)11(14(16)17)13(18-12)9-5-3-4-6-9/h7-9H,3-6H2,1-2H3,(H,16,17). The smallest absolute Gasteiger partial charge is 0.340 e. The number of rotatable bonds is 4. The minimum Gasteiger partial charge on any atom is -0.478 e. The highest BCUT2D eigenvalue weighted by atomic mass is 16.4. The lowest BCUT2D eigenvalue weighted by molar-refractivity contribution is 0.0691. The predicted molar refractivity (Wildman–Crippen MR) is 66.4 cm³/mol. The summed E-state index contributed by atoms with van der Waals surface area (Å²) < 4.78 is 5.73. The number of carboxylic acids is 1. The molecule has 0 spiro atoms. The molecule has 4 nitrogen and oxygen atoms in total. The Morgan fingerprint density at radius 2 is 2.00 bits per heavy atom. The summed E-state index contributed by atoms with van der Waals surface area (Å²) in [6.45, 7) is 3.80. The Bertz CT molecular complexity index is 464. The molecule has 0 radical (unpaired) electrons. The Balaban J connectivity index is 2.56. The summed E-state index contributed by atoms with van der Waals surface area (Å²) in [5, 5.41) is 9.31. The predicted octanol–water partition coefficient (Wildman–Crippen LogP) is 3.57. The minimum atomic E-state index is -1.06. The third kappa shape index (κ3) is 2.07. The van der Waals surface area contributed by atoms with Crippen LogP contribution in [-0.2, 0) is 0 Å². The maximum absolute atomic E-state index is 11.4. The van der Waals surface area contributed by atoms with E-state index in [4.69, 9.17) is 4.42 Å². The molecule has 1 saturated carbocycles. The first-order valence-electron chi connectivity index (χ1n) is 6.41. The molecule has 0 bridgehead atoms. The van der Waals surface area contributed by atoms with Gasteiger partial charge in [0.25, 0.3) is 0 Å². The van der Waals surface area contributed by atoms with Crippen molar-refractivity contribution in [2.24, 2.45) is 0 Å². The van der Waals surface area contributed by atoms with Crippen LogP contribution in [0.25, 0.3) is 0 Å². The van der Waals surface area contributed by atoms with Crippen molar-refractivity contribution >= 4 is 12.3 Å². The first kappa shape index (κ1) is 12.9. The van der Waals surface area contributed by atoms with Crippen LogP contribution in [0.3, 0.4) is 0 Å². The molecule has 0 aromatic carbocycles. The molecular weight excluding hydrogens is 232 g/mol. The van der Waals surface area contributed by atoms with Crippen molar-refractivity contribution in [2.75, 3.05) is 0 Å². The summed E-state index contributed by atoms with van der Waals surface area (Å²) in [6.07, 6.45) is 4.70. The lowest BCUT2D eigenvalue weighted by atomic mass is 9.97. The van der Waals surface area contributed by atoms with Crippen LogP contribution >= 0.6 is 0 Å². The molecule has 2 rings (SSSR count). The van der Waals surface area contributed by atoms with Crippen molar-refractivity contribution < 1.29 is 19.1 Å². The van der Waals surface area contributed by atoms with E-state index in [1.807, 2.05) is 13.8 Å². The highest BCUT2D eigenvalue weighted by molar-refractivity contribution is 5.99. The van der Waals surface area contributed by atoms with Crippen LogP contribution in [0.5, 0.6) is 0 Å². The molecule has 1 aliphatic rings. The first-order chi connectivity index (χ1) is 8.56. The van der Waals surface area contributed by atoms with E-state index < -0.39 is 5.97 Å². The molecule has 1 N–H and O–H groups in total. The molecule has 0 unspecified atom stereocenters. The quantitative estimate of drug-likeness (QED) is 0.829. The number of aldehydes is 1. The lowest BCUT2D eigenvalue weighted by Crippen LogP contribution is -2.05. The van der Waals surface area contributed by atoms with Gasteiger partial charge in [0.2, 0.25) is 0 Å². The summed E-state index contributed by atoms with van der Waals surface area (Å²) in [5.41, 5.74) is 0.306. The monoisotopic (exact) mass is 250 g/mol. The fraction of sp³-hybridized carbons (Fsp3) is 0.571. The van der Waals surface area contributed by atoms with Crippen molar-refractivity contribution in [1.29, 1.82) is 0 Å². The molecule has 0 amide bonds. The molecule has 1 aromatic heterocycles. The van der Waals surface area contributed by atoms with Gasteiger partial charge in [-0.2, -0.15) is 0 Å². The molecule has 98 valence electrons.